The molecule has 0 atom stereocenters. The summed E-state index contributed by atoms with van der Waals surface area (Å²) in [5.41, 5.74) is 2.02. The summed E-state index contributed by atoms with van der Waals surface area (Å²) in [6.07, 6.45) is 4.15. The van der Waals surface area contributed by atoms with Crippen LogP contribution < -0.4 is 9.21 Å². The number of hydrogen-bond acceptors (Lipinski definition) is 4. The molecule has 0 unspecified atom stereocenters. The van der Waals surface area contributed by atoms with Crippen molar-refractivity contribution >= 4 is 32.2 Å². The fourth-order valence-electron chi connectivity index (χ4n) is 4.32. The summed E-state index contributed by atoms with van der Waals surface area (Å²) in [6, 6.07) is 9.88. The predicted octanol–water partition coefficient (Wildman–Crippen LogP) is 3.68. The first-order chi connectivity index (χ1) is 13.0. The van der Waals surface area contributed by atoms with Crippen molar-refractivity contribution < 1.29 is 8.42 Å². The van der Waals surface area contributed by atoms with Gasteiger partial charge in [-0.1, -0.05) is 31.9 Å². The van der Waals surface area contributed by atoms with Crippen LogP contribution in [0.4, 0.5) is 11.4 Å². The number of likely N-dealkylation sites (N-methyl/N-ethyl adjacent to an activating group) is 1. The smallest absolute Gasteiger partial charge is 0.265 e. The lowest BCUT2D eigenvalue weighted by Gasteiger charge is -2.25. The van der Waals surface area contributed by atoms with Gasteiger partial charge in [-0.2, -0.15) is 0 Å². The molecule has 2 aromatic rings. The molecule has 27 heavy (non-hydrogen) atoms. The molecule has 4 rings (SSSR count). The summed E-state index contributed by atoms with van der Waals surface area (Å²) in [5.74, 6) is 0. The zero-order valence-corrected chi connectivity index (χ0v) is 17.1. The fourth-order valence-corrected chi connectivity index (χ4v) is 6.06. The summed E-state index contributed by atoms with van der Waals surface area (Å²) in [4.78, 5) is 5.25. The van der Waals surface area contributed by atoms with Gasteiger partial charge in [0.1, 0.15) is 0 Å². The molecular weight excluding hydrogens is 358 g/mol. The average Bonchev–Trinajstić information content (AvgIpc) is 2.79. The summed E-state index contributed by atoms with van der Waals surface area (Å²) in [6.45, 7) is 6.83. The van der Waals surface area contributed by atoms with Crippen molar-refractivity contribution in [1.29, 1.82) is 0 Å². The topological polar surface area (TPSA) is 43.9 Å². The Bertz CT molecular complexity index is 942. The average molecular weight is 388 g/mol. The Morgan fingerprint density at radius 2 is 1.78 bits per heavy atom. The maximum absolute atomic E-state index is 13.2. The third-order valence-corrected chi connectivity index (χ3v) is 7.67. The molecule has 146 valence electrons. The van der Waals surface area contributed by atoms with E-state index in [0.717, 1.165) is 74.0 Å². The van der Waals surface area contributed by atoms with Crippen molar-refractivity contribution in [2.45, 2.75) is 37.5 Å². The molecule has 2 heterocycles. The monoisotopic (exact) mass is 387 g/mol. The van der Waals surface area contributed by atoms with Gasteiger partial charge in [0.05, 0.1) is 10.6 Å². The quantitative estimate of drug-likeness (QED) is 0.734. The van der Waals surface area contributed by atoms with Gasteiger partial charge in [0.15, 0.2) is 0 Å². The van der Waals surface area contributed by atoms with Crippen molar-refractivity contribution in [2.75, 3.05) is 49.0 Å². The largest absolute Gasteiger partial charge is 0.370 e. The molecule has 2 aliphatic heterocycles. The maximum Gasteiger partial charge on any atom is 0.265 e. The highest BCUT2D eigenvalue weighted by Crippen LogP contribution is 2.45. The number of sulfonamides is 1. The van der Waals surface area contributed by atoms with Crippen molar-refractivity contribution in [3.05, 3.63) is 30.3 Å². The Morgan fingerprint density at radius 3 is 2.59 bits per heavy atom. The molecule has 6 heteroatoms. The van der Waals surface area contributed by atoms with E-state index in [-0.39, 0.29) is 0 Å². The summed E-state index contributed by atoms with van der Waals surface area (Å²) in [7, 11) is -1.27. The number of benzene rings is 2. The molecule has 1 fully saturated rings. The zero-order valence-electron chi connectivity index (χ0n) is 16.3. The van der Waals surface area contributed by atoms with E-state index in [9.17, 15) is 8.42 Å². The van der Waals surface area contributed by atoms with Gasteiger partial charge in [-0.15, -0.1) is 0 Å². The van der Waals surface area contributed by atoms with E-state index in [4.69, 9.17) is 0 Å². The Labute approximate surface area is 162 Å². The number of anilines is 2. The molecular formula is C21H29N3O2S. The van der Waals surface area contributed by atoms with Gasteiger partial charge in [-0.05, 0) is 44.6 Å². The van der Waals surface area contributed by atoms with Crippen LogP contribution in [0.3, 0.4) is 0 Å². The lowest BCUT2D eigenvalue weighted by Crippen LogP contribution is -2.29. The minimum Gasteiger partial charge on any atom is -0.370 e. The van der Waals surface area contributed by atoms with E-state index in [2.05, 4.69) is 35.9 Å². The molecule has 0 aliphatic carbocycles. The molecule has 0 saturated carbocycles. The SMILES string of the molecule is CCCCCN1c2ccc(N3CCCN(C)CC3)c3cccc(c23)S1(=O)=O. The second-order valence-corrected chi connectivity index (χ2v) is 9.54. The van der Waals surface area contributed by atoms with Crippen molar-refractivity contribution in [3.63, 3.8) is 0 Å². The number of unbranched alkanes of at least 4 members (excludes halogenated alkanes) is 2. The van der Waals surface area contributed by atoms with Crippen LogP contribution in [0.5, 0.6) is 0 Å². The molecule has 0 amide bonds. The third kappa shape index (κ3) is 3.19. The van der Waals surface area contributed by atoms with Gasteiger partial charge in [0.25, 0.3) is 10.0 Å². The molecule has 0 radical (unpaired) electrons. The van der Waals surface area contributed by atoms with E-state index in [1.807, 2.05) is 12.1 Å². The van der Waals surface area contributed by atoms with Crippen LogP contribution in [0.15, 0.2) is 35.2 Å². The molecule has 0 aromatic heterocycles. The summed E-state index contributed by atoms with van der Waals surface area (Å²) in [5, 5.41) is 1.97. The number of nitrogens with zero attached hydrogens (tertiary/aromatic N) is 3. The molecule has 1 saturated heterocycles. The van der Waals surface area contributed by atoms with Crippen LogP contribution in [0.2, 0.25) is 0 Å². The van der Waals surface area contributed by atoms with E-state index in [1.165, 1.54) is 0 Å². The van der Waals surface area contributed by atoms with Crippen LogP contribution in [0.25, 0.3) is 10.8 Å². The lowest BCUT2D eigenvalue weighted by atomic mass is 10.1. The van der Waals surface area contributed by atoms with Gasteiger partial charge in [-0.3, -0.25) is 4.31 Å². The van der Waals surface area contributed by atoms with Gasteiger partial charge in [0.2, 0.25) is 0 Å². The first-order valence-corrected chi connectivity index (χ1v) is 11.5. The fraction of sp³-hybridized carbons (Fsp3) is 0.524. The lowest BCUT2D eigenvalue weighted by molar-refractivity contribution is 0.360. The molecule has 2 aliphatic rings. The molecule has 2 aromatic carbocycles. The third-order valence-electron chi connectivity index (χ3n) is 5.82. The highest BCUT2D eigenvalue weighted by Gasteiger charge is 2.36. The highest BCUT2D eigenvalue weighted by atomic mass is 32.2. The van der Waals surface area contributed by atoms with Crippen LogP contribution in [0, 0.1) is 0 Å². The first kappa shape index (κ1) is 18.6. The van der Waals surface area contributed by atoms with Gasteiger partial charge in [-0.25, -0.2) is 8.42 Å². The predicted molar refractivity (Wildman–Crippen MR) is 112 cm³/mol. The summed E-state index contributed by atoms with van der Waals surface area (Å²) >= 11 is 0. The van der Waals surface area contributed by atoms with Gasteiger partial charge >= 0.3 is 0 Å². The number of hydrogen-bond donors (Lipinski definition) is 0. The Balaban J connectivity index is 1.78. The minimum atomic E-state index is -3.44. The second kappa shape index (κ2) is 7.32. The van der Waals surface area contributed by atoms with Crippen molar-refractivity contribution in [2.24, 2.45) is 0 Å². The normalized spacial score (nSPS) is 19.6. The van der Waals surface area contributed by atoms with E-state index in [0.29, 0.717) is 11.4 Å². The summed E-state index contributed by atoms with van der Waals surface area (Å²) < 4.78 is 27.9. The van der Waals surface area contributed by atoms with E-state index in [1.54, 1.807) is 10.4 Å². The molecule has 0 bridgehead atoms. The standard InChI is InChI=1S/C21H29N3O2S/c1-3-4-5-14-24-19-11-10-18(23-13-7-12-22(2)15-16-23)17-8-6-9-20(21(17)19)27(24,25)26/h6,8-11H,3-5,7,12-16H2,1-2H3. The van der Waals surface area contributed by atoms with E-state index < -0.39 is 10.0 Å². The van der Waals surface area contributed by atoms with Crippen LogP contribution in [0.1, 0.15) is 32.6 Å². The minimum absolute atomic E-state index is 0.472. The highest BCUT2D eigenvalue weighted by molar-refractivity contribution is 7.93. The van der Waals surface area contributed by atoms with Gasteiger partial charge < -0.3 is 9.80 Å². The Hall–Kier alpha value is -1.79. The van der Waals surface area contributed by atoms with Crippen LogP contribution in [-0.4, -0.2) is 53.1 Å². The Kier molecular flexibility index (Phi) is 5.03. The van der Waals surface area contributed by atoms with Crippen LogP contribution in [-0.2, 0) is 10.0 Å². The Morgan fingerprint density at radius 1 is 0.963 bits per heavy atom. The zero-order chi connectivity index (χ0) is 19.0. The molecule has 0 N–H and O–H groups in total. The molecule has 5 nitrogen and oxygen atoms in total. The van der Waals surface area contributed by atoms with Crippen LogP contribution >= 0.6 is 0 Å². The first-order valence-electron chi connectivity index (χ1n) is 10.1. The maximum atomic E-state index is 13.2. The van der Waals surface area contributed by atoms with Crippen molar-refractivity contribution in [3.8, 4) is 0 Å². The molecule has 0 spiro atoms. The van der Waals surface area contributed by atoms with E-state index >= 15 is 0 Å². The number of rotatable bonds is 5. The van der Waals surface area contributed by atoms with Gasteiger partial charge in [0, 0.05) is 42.6 Å². The van der Waals surface area contributed by atoms with Crippen molar-refractivity contribution in [1.82, 2.24) is 4.90 Å². The second-order valence-electron chi connectivity index (χ2n) is 7.71.